The summed E-state index contributed by atoms with van der Waals surface area (Å²) < 4.78 is 0. The van der Waals surface area contributed by atoms with E-state index in [2.05, 4.69) is 20.4 Å². The minimum Gasteiger partial charge on any atom is -0.391 e. The van der Waals surface area contributed by atoms with E-state index in [0.29, 0.717) is 10.7 Å². The third kappa shape index (κ3) is 2.51. The Hall–Kier alpha value is -1.47. The molecule has 0 atom stereocenters. The van der Waals surface area contributed by atoms with Crippen LogP contribution in [0.1, 0.15) is 23.3 Å². The summed E-state index contributed by atoms with van der Waals surface area (Å²) in [7, 11) is 2.04. The van der Waals surface area contributed by atoms with Gasteiger partial charge in [-0.1, -0.05) is 12.2 Å². The number of hydrogen-bond acceptors (Lipinski definition) is 4. The summed E-state index contributed by atoms with van der Waals surface area (Å²) >= 11 is 5.13. The van der Waals surface area contributed by atoms with Crippen molar-refractivity contribution in [3.63, 3.8) is 0 Å². The van der Waals surface area contributed by atoms with E-state index in [1.807, 2.05) is 7.05 Å². The molecule has 1 saturated heterocycles. The monoisotopic (exact) mass is 267 g/mol. The quantitative estimate of drug-likeness (QED) is 0.665. The molecule has 1 amide bonds. The van der Waals surface area contributed by atoms with Crippen LogP contribution in [0.5, 0.6) is 0 Å². The summed E-state index contributed by atoms with van der Waals surface area (Å²) in [6.45, 7) is 1.72. The second-order valence-electron chi connectivity index (χ2n) is 4.67. The predicted octanol–water partition coefficient (Wildman–Crippen LogP) is -0.110. The van der Waals surface area contributed by atoms with Gasteiger partial charge in [-0.15, -0.1) is 0 Å². The molecule has 6 nitrogen and oxygen atoms in total. The van der Waals surface area contributed by atoms with Crippen LogP contribution in [-0.2, 0) is 0 Å². The summed E-state index contributed by atoms with van der Waals surface area (Å²) in [5, 5.41) is 9.34. The van der Waals surface area contributed by atoms with Gasteiger partial charge in [-0.3, -0.25) is 9.89 Å². The van der Waals surface area contributed by atoms with E-state index >= 15 is 0 Å². The first-order valence-electron chi connectivity index (χ1n) is 5.84. The number of nitrogens with zero attached hydrogens (tertiary/aromatic N) is 2. The highest BCUT2D eigenvalue weighted by molar-refractivity contribution is 7.80. The van der Waals surface area contributed by atoms with Crippen molar-refractivity contribution in [1.29, 1.82) is 0 Å². The Bertz CT molecular complexity index is 436. The Balaban J connectivity index is 2.12. The molecule has 1 fully saturated rings. The van der Waals surface area contributed by atoms with E-state index in [-0.39, 0.29) is 5.91 Å². The Morgan fingerprint density at radius 2 is 2.28 bits per heavy atom. The maximum absolute atomic E-state index is 12.1. The maximum Gasteiger partial charge on any atom is 0.270 e. The lowest BCUT2D eigenvalue weighted by Gasteiger charge is -2.40. The molecule has 98 valence electrons. The predicted molar refractivity (Wildman–Crippen MR) is 72.3 cm³/mol. The highest BCUT2D eigenvalue weighted by Gasteiger charge is 2.38. The summed E-state index contributed by atoms with van der Waals surface area (Å²) in [4.78, 5) is 14.6. The second kappa shape index (κ2) is 5.03. The fourth-order valence-electron chi connectivity index (χ4n) is 2.10. The van der Waals surface area contributed by atoms with Gasteiger partial charge in [0.05, 0.1) is 10.5 Å². The Labute approximate surface area is 111 Å². The first-order valence-corrected chi connectivity index (χ1v) is 6.25. The van der Waals surface area contributed by atoms with Crippen LogP contribution in [0.2, 0.25) is 0 Å². The summed E-state index contributed by atoms with van der Waals surface area (Å²) in [6, 6.07) is 1.62. The summed E-state index contributed by atoms with van der Waals surface area (Å²) in [5.41, 5.74) is 5.66. The molecule has 0 spiro atoms. The van der Waals surface area contributed by atoms with Crippen molar-refractivity contribution in [3.05, 3.63) is 18.0 Å². The molecular weight excluding hydrogens is 250 g/mol. The molecule has 0 aliphatic carbocycles. The van der Waals surface area contributed by atoms with Crippen molar-refractivity contribution in [2.75, 3.05) is 20.1 Å². The topological polar surface area (TPSA) is 87.0 Å². The van der Waals surface area contributed by atoms with Crippen molar-refractivity contribution < 1.29 is 4.79 Å². The number of piperidine rings is 1. The zero-order valence-electron chi connectivity index (χ0n) is 10.3. The molecule has 0 saturated carbocycles. The van der Waals surface area contributed by atoms with E-state index in [0.717, 1.165) is 25.9 Å². The molecule has 18 heavy (non-hydrogen) atoms. The molecule has 4 N–H and O–H groups in total. The summed E-state index contributed by atoms with van der Waals surface area (Å²) in [6.07, 6.45) is 3.01. The van der Waals surface area contributed by atoms with Crippen LogP contribution >= 0.6 is 12.2 Å². The molecule has 0 bridgehead atoms. The number of rotatable bonds is 3. The number of nitrogens with two attached hydrogens (primary N) is 1. The third-order valence-electron chi connectivity index (χ3n) is 3.41. The molecule has 1 aromatic heterocycles. The number of aromatic nitrogens is 2. The van der Waals surface area contributed by atoms with Crippen molar-refractivity contribution >= 4 is 23.1 Å². The molecule has 0 radical (unpaired) electrons. The van der Waals surface area contributed by atoms with E-state index in [9.17, 15) is 4.79 Å². The highest BCUT2D eigenvalue weighted by Crippen LogP contribution is 2.22. The van der Waals surface area contributed by atoms with Gasteiger partial charge in [0.25, 0.3) is 5.91 Å². The number of carbonyl (C=O) groups excluding carboxylic acids is 1. The Morgan fingerprint density at radius 1 is 1.61 bits per heavy atom. The van der Waals surface area contributed by atoms with Crippen molar-refractivity contribution in [1.82, 2.24) is 20.4 Å². The fourth-order valence-corrected chi connectivity index (χ4v) is 2.36. The molecule has 1 aromatic rings. The van der Waals surface area contributed by atoms with Gasteiger partial charge in [0.1, 0.15) is 5.69 Å². The standard InChI is InChI=1S/C11H17N5OS/c1-16-6-3-11(4-7-16,10(12)18)14-9(17)8-2-5-13-15-8/h2,5H,3-4,6-7H2,1H3,(H2,12,18)(H,13,15)(H,14,17). The molecule has 0 aromatic carbocycles. The molecule has 2 heterocycles. The number of H-pyrrole nitrogens is 1. The number of nitrogens with one attached hydrogen (secondary N) is 2. The van der Waals surface area contributed by atoms with Gasteiger partial charge in [0.15, 0.2) is 0 Å². The Kier molecular flexibility index (Phi) is 3.63. The molecular formula is C11H17N5OS. The van der Waals surface area contributed by atoms with E-state index in [1.165, 1.54) is 6.20 Å². The number of aromatic amines is 1. The maximum atomic E-state index is 12.1. The van der Waals surface area contributed by atoms with E-state index in [4.69, 9.17) is 18.0 Å². The van der Waals surface area contributed by atoms with Crippen LogP contribution in [0.4, 0.5) is 0 Å². The number of likely N-dealkylation sites (tertiary alicyclic amines) is 1. The van der Waals surface area contributed by atoms with Gasteiger partial charge in [-0.2, -0.15) is 5.10 Å². The zero-order chi connectivity index (χ0) is 13.2. The van der Waals surface area contributed by atoms with Gasteiger partial charge in [0, 0.05) is 19.3 Å². The number of amides is 1. The van der Waals surface area contributed by atoms with Crippen molar-refractivity contribution in [2.24, 2.45) is 5.73 Å². The lowest BCUT2D eigenvalue weighted by Crippen LogP contribution is -2.61. The zero-order valence-corrected chi connectivity index (χ0v) is 11.1. The first-order chi connectivity index (χ1) is 8.53. The number of hydrogen-bond donors (Lipinski definition) is 3. The van der Waals surface area contributed by atoms with Crippen molar-refractivity contribution in [2.45, 2.75) is 18.4 Å². The SMILES string of the molecule is CN1CCC(NC(=O)c2ccn[nH]2)(C(N)=S)CC1. The molecule has 2 rings (SSSR count). The fraction of sp³-hybridized carbons (Fsp3) is 0.545. The lowest BCUT2D eigenvalue weighted by molar-refractivity contribution is 0.0885. The smallest absolute Gasteiger partial charge is 0.270 e. The molecule has 1 aliphatic heterocycles. The van der Waals surface area contributed by atoms with Crippen LogP contribution < -0.4 is 11.1 Å². The van der Waals surface area contributed by atoms with Gasteiger partial charge in [0.2, 0.25) is 0 Å². The second-order valence-corrected chi connectivity index (χ2v) is 5.11. The third-order valence-corrected chi connectivity index (χ3v) is 3.80. The molecule has 7 heteroatoms. The average Bonchev–Trinajstić information content (AvgIpc) is 2.85. The first kappa shape index (κ1) is 13.0. The van der Waals surface area contributed by atoms with Gasteiger partial charge in [-0.05, 0) is 26.0 Å². The molecule has 0 unspecified atom stereocenters. The Morgan fingerprint density at radius 3 is 2.78 bits per heavy atom. The van der Waals surface area contributed by atoms with Crippen LogP contribution in [0.25, 0.3) is 0 Å². The molecule has 1 aliphatic rings. The van der Waals surface area contributed by atoms with Crippen LogP contribution in [0.15, 0.2) is 12.3 Å². The normalized spacial score (nSPS) is 19.4. The van der Waals surface area contributed by atoms with E-state index in [1.54, 1.807) is 6.07 Å². The van der Waals surface area contributed by atoms with Crippen LogP contribution in [0.3, 0.4) is 0 Å². The minimum atomic E-state index is -0.579. The largest absolute Gasteiger partial charge is 0.391 e. The summed E-state index contributed by atoms with van der Waals surface area (Å²) in [5.74, 6) is -0.218. The van der Waals surface area contributed by atoms with Crippen LogP contribution in [0, 0.1) is 0 Å². The van der Waals surface area contributed by atoms with Gasteiger partial charge >= 0.3 is 0 Å². The minimum absolute atomic E-state index is 0.218. The van der Waals surface area contributed by atoms with Gasteiger partial charge < -0.3 is 16.0 Å². The number of thiocarbonyl (C=S) groups is 1. The van der Waals surface area contributed by atoms with Crippen molar-refractivity contribution in [3.8, 4) is 0 Å². The number of carbonyl (C=O) groups is 1. The lowest BCUT2D eigenvalue weighted by atomic mass is 9.87. The van der Waals surface area contributed by atoms with Gasteiger partial charge in [-0.25, -0.2) is 0 Å². The average molecular weight is 267 g/mol. The van der Waals surface area contributed by atoms with E-state index < -0.39 is 5.54 Å². The van der Waals surface area contributed by atoms with Crippen LogP contribution in [-0.4, -0.2) is 51.7 Å². The highest BCUT2D eigenvalue weighted by atomic mass is 32.1.